The second kappa shape index (κ2) is 5.67. The first-order valence-electron chi connectivity index (χ1n) is 6.47. The lowest BCUT2D eigenvalue weighted by molar-refractivity contribution is -0.142. The summed E-state index contributed by atoms with van der Waals surface area (Å²) in [7, 11) is 1.91. The summed E-state index contributed by atoms with van der Waals surface area (Å²) in [5.41, 5.74) is 5.61. The van der Waals surface area contributed by atoms with Gasteiger partial charge >= 0.3 is 0 Å². The van der Waals surface area contributed by atoms with Crippen molar-refractivity contribution in [3.05, 3.63) is 0 Å². The summed E-state index contributed by atoms with van der Waals surface area (Å²) in [5.74, 6) is 0.788. The third-order valence-electron chi connectivity index (χ3n) is 3.64. The van der Waals surface area contributed by atoms with Crippen LogP contribution >= 0.6 is 0 Å². The number of carbonyl (C=O) groups excluding carboxylic acids is 1. The van der Waals surface area contributed by atoms with E-state index in [1.165, 1.54) is 6.42 Å². The van der Waals surface area contributed by atoms with E-state index in [9.17, 15) is 4.79 Å². The Morgan fingerprint density at radius 2 is 1.88 bits per heavy atom. The van der Waals surface area contributed by atoms with E-state index >= 15 is 0 Å². The average molecular weight is 226 g/mol. The molecule has 1 aliphatic carbocycles. The molecule has 0 atom stereocenters. The zero-order valence-corrected chi connectivity index (χ0v) is 11.0. The van der Waals surface area contributed by atoms with Crippen LogP contribution < -0.4 is 5.73 Å². The molecule has 94 valence electrons. The Hall–Kier alpha value is -0.570. The van der Waals surface area contributed by atoms with E-state index in [0.29, 0.717) is 12.5 Å². The maximum absolute atomic E-state index is 12.4. The monoisotopic (exact) mass is 226 g/mol. The van der Waals surface area contributed by atoms with Crippen molar-refractivity contribution in [2.45, 2.75) is 46.0 Å². The van der Waals surface area contributed by atoms with E-state index in [4.69, 9.17) is 5.73 Å². The zero-order valence-electron chi connectivity index (χ0n) is 11.0. The molecule has 0 aromatic rings. The minimum absolute atomic E-state index is 0.248. The molecule has 0 aromatic carbocycles. The van der Waals surface area contributed by atoms with Crippen molar-refractivity contribution in [3.63, 3.8) is 0 Å². The van der Waals surface area contributed by atoms with Gasteiger partial charge in [-0.1, -0.05) is 33.1 Å². The van der Waals surface area contributed by atoms with Crippen LogP contribution in [0.2, 0.25) is 0 Å². The summed E-state index contributed by atoms with van der Waals surface area (Å²) in [6.45, 7) is 5.62. The van der Waals surface area contributed by atoms with Gasteiger partial charge in [0.1, 0.15) is 0 Å². The highest BCUT2D eigenvalue weighted by atomic mass is 16.2. The van der Waals surface area contributed by atoms with Gasteiger partial charge in [0.15, 0.2) is 0 Å². The van der Waals surface area contributed by atoms with Crippen molar-refractivity contribution < 1.29 is 4.79 Å². The first-order chi connectivity index (χ1) is 7.52. The van der Waals surface area contributed by atoms with Gasteiger partial charge in [-0.25, -0.2) is 0 Å². The molecule has 0 saturated heterocycles. The number of nitrogens with two attached hydrogens (primary N) is 1. The van der Waals surface area contributed by atoms with Crippen LogP contribution in [0.5, 0.6) is 0 Å². The van der Waals surface area contributed by atoms with Crippen LogP contribution in [-0.4, -0.2) is 30.9 Å². The number of hydrogen-bond donors (Lipinski definition) is 1. The Morgan fingerprint density at radius 1 is 1.31 bits per heavy atom. The van der Waals surface area contributed by atoms with Gasteiger partial charge in [-0.05, 0) is 18.8 Å². The lowest BCUT2D eigenvalue weighted by Crippen LogP contribution is -2.48. The molecular weight excluding hydrogens is 200 g/mol. The van der Waals surface area contributed by atoms with Crippen molar-refractivity contribution in [2.24, 2.45) is 17.1 Å². The van der Waals surface area contributed by atoms with Gasteiger partial charge in [-0.15, -0.1) is 0 Å². The van der Waals surface area contributed by atoms with E-state index in [2.05, 4.69) is 13.8 Å². The zero-order chi connectivity index (χ0) is 12.2. The van der Waals surface area contributed by atoms with Crippen LogP contribution in [0.25, 0.3) is 0 Å². The van der Waals surface area contributed by atoms with Crippen LogP contribution in [-0.2, 0) is 4.79 Å². The minimum Gasteiger partial charge on any atom is -0.345 e. The second-order valence-corrected chi connectivity index (χ2v) is 5.62. The van der Waals surface area contributed by atoms with Crippen molar-refractivity contribution in [1.29, 1.82) is 0 Å². The molecule has 3 nitrogen and oxygen atoms in total. The summed E-state index contributed by atoms with van der Waals surface area (Å²) < 4.78 is 0. The standard InChI is InChI=1S/C13H26N2O/c1-11(2)9-15(3)12(16)13(10-14)7-5-4-6-8-13/h11H,4-10,14H2,1-3H3. The molecule has 0 spiro atoms. The summed E-state index contributed by atoms with van der Waals surface area (Å²) in [5, 5.41) is 0. The molecule has 0 heterocycles. The van der Waals surface area contributed by atoms with Crippen molar-refractivity contribution >= 4 is 5.91 Å². The molecule has 0 aliphatic heterocycles. The summed E-state index contributed by atoms with van der Waals surface area (Å²) in [6.07, 6.45) is 5.51. The lowest BCUT2D eigenvalue weighted by Gasteiger charge is -2.38. The Bertz CT molecular complexity index is 232. The molecule has 0 aromatic heterocycles. The molecular formula is C13H26N2O. The van der Waals surface area contributed by atoms with Gasteiger partial charge < -0.3 is 10.6 Å². The molecule has 2 N–H and O–H groups in total. The van der Waals surface area contributed by atoms with Gasteiger partial charge in [0.05, 0.1) is 5.41 Å². The fourth-order valence-electron chi connectivity index (χ4n) is 2.77. The number of hydrogen-bond acceptors (Lipinski definition) is 2. The summed E-state index contributed by atoms with van der Waals surface area (Å²) >= 11 is 0. The highest BCUT2D eigenvalue weighted by molar-refractivity contribution is 5.82. The summed E-state index contributed by atoms with van der Waals surface area (Å²) in [6, 6.07) is 0. The Labute approximate surface area is 99.4 Å². The third-order valence-corrected chi connectivity index (χ3v) is 3.64. The molecule has 16 heavy (non-hydrogen) atoms. The number of carbonyl (C=O) groups is 1. The molecule has 1 saturated carbocycles. The first-order valence-corrected chi connectivity index (χ1v) is 6.47. The van der Waals surface area contributed by atoms with Crippen molar-refractivity contribution in [3.8, 4) is 0 Å². The van der Waals surface area contributed by atoms with Gasteiger partial charge in [0.2, 0.25) is 5.91 Å². The molecule has 3 heteroatoms. The fraction of sp³-hybridized carbons (Fsp3) is 0.923. The maximum Gasteiger partial charge on any atom is 0.229 e. The third kappa shape index (κ3) is 2.97. The minimum atomic E-state index is -0.248. The van der Waals surface area contributed by atoms with Gasteiger partial charge in [-0.3, -0.25) is 4.79 Å². The smallest absolute Gasteiger partial charge is 0.229 e. The normalized spacial score (nSPS) is 19.8. The first kappa shape index (κ1) is 13.5. The second-order valence-electron chi connectivity index (χ2n) is 5.62. The quantitative estimate of drug-likeness (QED) is 0.797. The molecule has 0 unspecified atom stereocenters. The molecule has 1 fully saturated rings. The summed E-state index contributed by atoms with van der Waals surface area (Å²) in [4.78, 5) is 14.3. The predicted octanol–water partition coefficient (Wildman–Crippen LogP) is 2.01. The van der Waals surface area contributed by atoms with Crippen LogP contribution in [0.3, 0.4) is 0 Å². The van der Waals surface area contributed by atoms with Crippen LogP contribution in [0.15, 0.2) is 0 Å². The van der Waals surface area contributed by atoms with E-state index in [0.717, 1.165) is 32.2 Å². The topological polar surface area (TPSA) is 46.3 Å². The molecule has 1 aliphatic rings. The number of nitrogens with zero attached hydrogens (tertiary/aromatic N) is 1. The Kier molecular flexibility index (Phi) is 4.78. The van der Waals surface area contributed by atoms with Gasteiger partial charge in [0.25, 0.3) is 0 Å². The van der Waals surface area contributed by atoms with E-state index in [-0.39, 0.29) is 11.3 Å². The SMILES string of the molecule is CC(C)CN(C)C(=O)C1(CN)CCCCC1. The predicted molar refractivity (Wildman–Crippen MR) is 67.0 cm³/mol. The van der Waals surface area contributed by atoms with Crippen molar-refractivity contribution in [1.82, 2.24) is 4.90 Å². The van der Waals surface area contributed by atoms with E-state index < -0.39 is 0 Å². The highest BCUT2D eigenvalue weighted by Gasteiger charge is 2.39. The average Bonchev–Trinajstić information content (AvgIpc) is 2.28. The van der Waals surface area contributed by atoms with Gasteiger partial charge in [-0.2, -0.15) is 0 Å². The number of amides is 1. The molecule has 0 bridgehead atoms. The number of rotatable bonds is 4. The highest BCUT2D eigenvalue weighted by Crippen LogP contribution is 2.36. The fourth-order valence-corrected chi connectivity index (χ4v) is 2.77. The van der Waals surface area contributed by atoms with Crippen LogP contribution in [0.1, 0.15) is 46.0 Å². The van der Waals surface area contributed by atoms with Crippen LogP contribution in [0, 0.1) is 11.3 Å². The van der Waals surface area contributed by atoms with Gasteiger partial charge in [0, 0.05) is 20.1 Å². The lowest BCUT2D eigenvalue weighted by atomic mass is 9.73. The molecule has 1 amide bonds. The maximum atomic E-state index is 12.4. The Morgan fingerprint density at radius 3 is 2.31 bits per heavy atom. The van der Waals surface area contributed by atoms with Crippen molar-refractivity contribution in [2.75, 3.05) is 20.1 Å². The van der Waals surface area contributed by atoms with Crippen LogP contribution in [0.4, 0.5) is 0 Å². The molecule has 1 rings (SSSR count). The van der Waals surface area contributed by atoms with E-state index in [1.54, 1.807) is 0 Å². The largest absolute Gasteiger partial charge is 0.345 e. The van der Waals surface area contributed by atoms with E-state index in [1.807, 2.05) is 11.9 Å². The Balaban J connectivity index is 2.67. The molecule has 0 radical (unpaired) electrons.